The fourth-order valence-electron chi connectivity index (χ4n) is 3.84. The number of ether oxygens (including phenoxy) is 1. The van der Waals surface area contributed by atoms with Crippen LogP contribution in [0.1, 0.15) is 33.5 Å². The van der Waals surface area contributed by atoms with E-state index in [1.54, 1.807) is 36.4 Å². The van der Waals surface area contributed by atoms with Gasteiger partial charge in [0.1, 0.15) is 0 Å². The van der Waals surface area contributed by atoms with Crippen molar-refractivity contribution in [3.63, 3.8) is 0 Å². The number of carbonyl (C=O) groups is 1. The zero-order valence-corrected chi connectivity index (χ0v) is 15.3. The molecular formula is C21H21F3N2O2. The molecule has 2 heterocycles. The molecule has 0 saturated carbocycles. The first-order chi connectivity index (χ1) is 13.4. The molecule has 1 saturated heterocycles. The third-order valence-electron chi connectivity index (χ3n) is 5.20. The molecule has 2 aliphatic heterocycles. The molecule has 0 aliphatic carbocycles. The van der Waals surface area contributed by atoms with Crippen molar-refractivity contribution in [3.05, 3.63) is 64.7 Å². The fourth-order valence-corrected chi connectivity index (χ4v) is 3.84. The lowest BCUT2D eigenvalue weighted by molar-refractivity contribution is -0.138. The molecule has 0 aromatic heterocycles. The topological polar surface area (TPSA) is 32.8 Å². The molecule has 4 nitrogen and oxygen atoms in total. The van der Waals surface area contributed by atoms with Gasteiger partial charge >= 0.3 is 6.18 Å². The van der Waals surface area contributed by atoms with Crippen LogP contribution >= 0.6 is 0 Å². The Bertz CT molecular complexity index is 860. The van der Waals surface area contributed by atoms with E-state index in [4.69, 9.17) is 4.74 Å². The number of carbonyl (C=O) groups excluding carboxylic acids is 1. The molecule has 2 aromatic carbocycles. The molecule has 0 bridgehead atoms. The number of halogens is 3. The van der Waals surface area contributed by atoms with E-state index in [-0.39, 0.29) is 23.6 Å². The summed E-state index contributed by atoms with van der Waals surface area (Å²) in [6, 6.07) is 11.6. The van der Waals surface area contributed by atoms with Crippen LogP contribution in [-0.2, 0) is 24.0 Å². The lowest BCUT2D eigenvalue weighted by Crippen LogP contribution is -2.26. The molecule has 7 heteroatoms. The lowest BCUT2D eigenvalue weighted by atomic mass is 9.98. The highest BCUT2D eigenvalue weighted by molar-refractivity contribution is 6.10. The van der Waals surface area contributed by atoms with Gasteiger partial charge in [-0.25, -0.2) is 0 Å². The highest BCUT2D eigenvalue weighted by Gasteiger charge is 2.40. The molecule has 0 radical (unpaired) electrons. The summed E-state index contributed by atoms with van der Waals surface area (Å²) in [5, 5.41) is 0. The Labute approximate surface area is 161 Å². The summed E-state index contributed by atoms with van der Waals surface area (Å²) in [7, 11) is 0. The average Bonchev–Trinajstić information content (AvgIpc) is 2.83. The standard InChI is InChI=1S/C21H21F3N2O2/c22-21(23,24)19-12-15(13-25-7-4-9-28-10-8-25)11-17-18(19)14-26(20(17)27)16-5-2-1-3-6-16/h1-3,5-6,11-12H,4,7-10,13-14H2. The molecule has 0 unspecified atom stereocenters. The second-order valence-electron chi connectivity index (χ2n) is 7.14. The summed E-state index contributed by atoms with van der Waals surface area (Å²) >= 11 is 0. The Hall–Kier alpha value is -2.38. The third-order valence-corrected chi connectivity index (χ3v) is 5.20. The molecule has 1 amide bonds. The van der Waals surface area contributed by atoms with Crippen LogP contribution in [0, 0.1) is 0 Å². The maximum atomic E-state index is 13.8. The van der Waals surface area contributed by atoms with Crippen molar-refractivity contribution >= 4 is 11.6 Å². The monoisotopic (exact) mass is 390 g/mol. The van der Waals surface area contributed by atoms with Crippen molar-refractivity contribution in [1.29, 1.82) is 0 Å². The molecule has 28 heavy (non-hydrogen) atoms. The SMILES string of the molecule is O=C1c2cc(CN3CCCOCC3)cc(C(F)(F)F)c2CN1c1ccccc1. The Kier molecular flexibility index (Phi) is 5.12. The quantitative estimate of drug-likeness (QED) is 0.792. The van der Waals surface area contributed by atoms with Gasteiger partial charge in [0.05, 0.1) is 18.7 Å². The van der Waals surface area contributed by atoms with Crippen molar-refractivity contribution in [2.45, 2.75) is 25.7 Å². The van der Waals surface area contributed by atoms with Crippen molar-refractivity contribution in [2.24, 2.45) is 0 Å². The smallest absolute Gasteiger partial charge is 0.380 e. The number of alkyl halides is 3. The fraction of sp³-hybridized carbons (Fsp3) is 0.381. The average molecular weight is 390 g/mol. The van der Waals surface area contributed by atoms with E-state index in [2.05, 4.69) is 4.90 Å². The molecule has 0 spiro atoms. The van der Waals surface area contributed by atoms with Crippen LogP contribution in [0.15, 0.2) is 42.5 Å². The summed E-state index contributed by atoms with van der Waals surface area (Å²) in [4.78, 5) is 16.4. The van der Waals surface area contributed by atoms with Crippen molar-refractivity contribution < 1.29 is 22.7 Å². The number of fused-ring (bicyclic) bond motifs is 1. The number of anilines is 1. The maximum Gasteiger partial charge on any atom is 0.416 e. The van der Waals surface area contributed by atoms with Gasteiger partial charge in [-0.3, -0.25) is 9.69 Å². The van der Waals surface area contributed by atoms with Crippen LogP contribution in [0.3, 0.4) is 0 Å². The van der Waals surface area contributed by atoms with E-state index in [0.29, 0.717) is 37.6 Å². The van der Waals surface area contributed by atoms with Crippen LogP contribution in [0.2, 0.25) is 0 Å². The highest BCUT2D eigenvalue weighted by Crippen LogP contribution is 2.39. The molecule has 4 rings (SSSR count). The number of rotatable bonds is 3. The molecule has 2 aromatic rings. The predicted octanol–water partition coefficient (Wildman–Crippen LogP) is 4.09. The van der Waals surface area contributed by atoms with Crippen LogP contribution in [0.25, 0.3) is 0 Å². The number of nitrogens with zero attached hydrogens (tertiary/aromatic N) is 2. The summed E-state index contributed by atoms with van der Waals surface area (Å²) in [6.07, 6.45) is -3.66. The zero-order chi connectivity index (χ0) is 19.7. The number of amides is 1. The Morgan fingerprint density at radius 2 is 1.82 bits per heavy atom. The van der Waals surface area contributed by atoms with Crippen LogP contribution in [0.5, 0.6) is 0 Å². The van der Waals surface area contributed by atoms with E-state index in [1.165, 1.54) is 11.0 Å². The van der Waals surface area contributed by atoms with Crippen LogP contribution < -0.4 is 4.90 Å². The lowest BCUT2D eigenvalue weighted by Gasteiger charge is -2.20. The van der Waals surface area contributed by atoms with Crippen LogP contribution in [0.4, 0.5) is 18.9 Å². The predicted molar refractivity (Wildman–Crippen MR) is 99.1 cm³/mol. The van der Waals surface area contributed by atoms with Gasteiger partial charge in [-0.1, -0.05) is 18.2 Å². The minimum atomic E-state index is -4.50. The Balaban J connectivity index is 1.69. The van der Waals surface area contributed by atoms with Gasteiger partial charge in [0.25, 0.3) is 5.91 Å². The van der Waals surface area contributed by atoms with E-state index < -0.39 is 11.7 Å². The normalized spacial score (nSPS) is 18.2. The molecule has 2 aliphatic rings. The summed E-state index contributed by atoms with van der Waals surface area (Å²) in [6.45, 7) is 2.98. The molecule has 148 valence electrons. The Morgan fingerprint density at radius 3 is 2.57 bits per heavy atom. The molecule has 1 fully saturated rings. The first-order valence-corrected chi connectivity index (χ1v) is 9.33. The van der Waals surface area contributed by atoms with E-state index in [9.17, 15) is 18.0 Å². The van der Waals surface area contributed by atoms with Crippen molar-refractivity contribution in [3.8, 4) is 0 Å². The van der Waals surface area contributed by atoms with Gasteiger partial charge in [-0.05, 0) is 41.8 Å². The van der Waals surface area contributed by atoms with Gasteiger partial charge in [0, 0.05) is 37.5 Å². The minimum absolute atomic E-state index is 0.0595. The van der Waals surface area contributed by atoms with E-state index in [0.717, 1.165) is 13.0 Å². The van der Waals surface area contributed by atoms with E-state index in [1.807, 2.05) is 0 Å². The largest absolute Gasteiger partial charge is 0.416 e. The number of hydrogen-bond donors (Lipinski definition) is 0. The maximum absolute atomic E-state index is 13.8. The second kappa shape index (κ2) is 7.56. The van der Waals surface area contributed by atoms with Crippen LogP contribution in [-0.4, -0.2) is 37.1 Å². The summed E-state index contributed by atoms with van der Waals surface area (Å²) in [5.74, 6) is -0.382. The number of para-hydroxylation sites is 1. The van der Waals surface area contributed by atoms with Gasteiger partial charge in [0.15, 0.2) is 0 Å². The van der Waals surface area contributed by atoms with Crippen molar-refractivity contribution in [1.82, 2.24) is 4.90 Å². The minimum Gasteiger partial charge on any atom is -0.380 e. The zero-order valence-electron chi connectivity index (χ0n) is 15.3. The van der Waals surface area contributed by atoms with Crippen molar-refractivity contribution in [2.75, 3.05) is 31.2 Å². The Morgan fingerprint density at radius 1 is 1.04 bits per heavy atom. The first kappa shape index (κ1) is 19.0. The number of hydrogen-bond acceptors (Lipinski definition) is 3. The second-order valence-corrected chi connectivity index (χ2v) is 7.14. The summed E-state index contributed by atoms with van der Waals surface area (Å²) < 4.78 is 46.7. The van der Waals surface area contributed by atoms with E-state index >= 15 is 0 Å². The molecule has 0 atom stereocenters. The highest BCUT2D eigenvalue weighted by atomic mass is 19.4. The van der Waals surface area contributed by atoms with Gasteiger partial charge in [0.2, 0.25) is 0 Å². The summed E-state index contributed by atoms with van der Waals surface area (Å²) in [5.41, 5.74) is 0.612. The van der Waals surface area contributed by atoms with Gasteiger partial charge < -0.3 is 9.64 Å². The molecular weight excluding hydrogens is 369 g/mol. The molecule has 0 N–H and O–H groups in total. The first-order valence-electron chi connectivity index (χ1n) is 9.33. The number of benzene rings is 2. The third kappa shape index (κ3) is 3.77. The van der Waals surface area contributed by atoms with Gasteiger partial charge in [-0.2, -0.15) is 13.2 Å². The van der Waals surface area contributed by atoms with Gasteiger partial charge in [-0.15, -0.1) is 0 Å².